The van der Waals surface area contributed by atoms with Crippen LogP contribution in [0.4, 0.5) is 11.4 Å². The van der Waals surface area contributed by atoms with Gasteiger partial charge >= 0.3 is 0 Å². The van der Waals surface area contributed by atoms with Gasteiger partial charge < -0.3 is 15.0 Å². The Morgan fingerprint density at radius 1 is 1.07 bits per heavy atom. The molecule has 2 atom stereocenters. The molecule has 0 aliphatic carbocycles. The van der Waals surface area contributed by atoms with E-state index in [1.807, 2.05) is 30.3 Å². The summed E-state index contributed by atoms with van der Waals surface area (Å²) in [5.41, 5.74) is 2.50. The zero-order chi connectivity index (χ0) is 28.2. The first kappa shape index (κ1) is 26.1. The first-order valence-electron chi connectivity index (χ1n) is 12.4. The number of ether oxygens (including phenoxy) is 1. The van der Waals surface area contributed by atoms with Gasteiger partial charge in [0.1, 0.15) is 24.2 Å². The van der Waals surface area contributed by atoms with Crippen molar-refractivity contribution < 1.29 is 19.2 Å². The molecule has 0 unspecified atom stereocenters. The molecule has 2 heterocycles. The summed E-state index contributed by atoms with van der Waals surface area (Å²) < 4.78 is 7.60. The number of nitrogens with zero attached hydrogens (tertiary/aromatic N) is 5. The van der Waals surface area contributed by atoms with Crippen molar-refractivity contribution >= 4 is 23.2 Å². The minimum absolute atomic E-state index is 0.0484. The second kappa shape index (κ2) is 11.1. The molecule has 40 heavy (non-hydrogen) atoms. The average Bonchev–Trinajstić information content (AvgIpc) is 3.40. The second-order valence-corrected chi connectivity index (χ2v) is 9.16. The molecule has 0 saturated carbocycles. The predicted octanol–water partition coefficient (Wildman–Crippen LogP) is 3.18. The third kappa shape index (κ3) is 5.66. The Morgan fingerprint density at radius 2 is 1.82 bits per heavy atom. The smallest absolute Gasteiger partial charge is 0.291 e. The number of nitro benzene ring substituents is 1. The number of carbonyl (C=O) groups excluding carboxylic acids is 2. The van der Waals surface area contributed by atoms with Crippen LogP contribution in [-0.4, -0.2) is 50.7 Å². The number of hydrogen-bond acceptors (Lipinski definition) is 7. The average molecular weight is 537 g/mol. The van der Waals surface area contributed by atoms with Crippen molar-refractivity contribution in [2.45, 2.75) is 25.6 Å². The van der Waals surface area contributed by atoms with Crippen LogP contribution in [0.3, 0.4) is 0 Å². The van der Waals surface area contributed by atoms with Crippen LogP contribution in [0.5, 0.6) is 5.75 Å². The van der Waals surface area contributed by atoms with Crippen LogP contribution in [0.15, 0.2) is 79.1 Å². The van der Waals surface area contributed by atoms with Gasteiger partial charge in [0.15, 0.2) is 0 Å². The maximum Gasteiger partial charge on any atom is 0.291 e. The number of nitrogens with one attached hydrogen (secondary N) is 1. The Morgan fingerprint density at radius 3 is 2.58 bits per heavy atom. The molecule has 11 heteroatoms. The van der Waals surface area contributed by atoms with E-state index >= 15 is 0 Å². The molecule has 0 fully saturated rings. The van der Waals surface area contributed by atoms with E-state index in [-0.39, 0.29) is 17.4 Å². The fourth-order valence-electron chi connectivity index (χ4n) is 4.23. The van der Waals surface area contributed by atoms with E-state index in [1.165, 1.54) is 23.4 Å². The lowest BCUT2D eigenvalue weighted by molar-refractivity contribution is -0.384. The normalized spacial score (nSPS) is 16.1. The van der Waals surface area contributed by atoms with Crippen molar-refractivity contribution in [3.63, 3.8) is 0 Å². The highest BCUT2D eigenvalue weighted by molar-refractivity contribution is 6.02. The van der Waals surface area contributed by atoms with E-state index in [9.17, 15) is 19.7 Å². The molecule has 1 aromatic heterocycles. The SMILES string of the molecule is C[C@H]1Oc2ccc(C#Cc3cccc([N+](=O)[O-])c3)cc2N(C)C(=O)[C@H]1NC(=O)c1ncn(Cc2ccccc2)n1. The molecule has 0 spiro atoms. The van der Waals surface area contributed by atoms with Gasteiger partial charge in [-0.1, -0.05) is 48.2 Å². The number of benzene rings is 3. The quantitative estimate of drug-likeness (QED) is 0.235. The van der Waals surface area contributed by atoms with E-state index in [4.69, 9.17) is 4.74 Å². The van der Waals surface area contributed by atoms with E-state index in [0.717, 1.165) is 5.56 Å². The number of nitro groups is 1. The molecule has 3 aromatic carbocycles. The molecule has 1 aliphatic rings. The molecule has 0 bridgehead atoms. The summed E-state index contributed by atoms with van der Waals surface area (Å²) in [6.45, 7) is 2.15. The fraction of sp³-hybridized carbons (Fsp3) is 0.172. The van der Waals surface area contributed by atoms with E-state index in [2.05, 4.69) is 27.2 Å². The van der Waals surface area contributed by atoms with Crippen LogP contribution in [0.2, 0.25) is 0 Å². The van der Waals surface area contributed by atoms with E-state index in [0.29, 0.717) is 29.1 Å². The number of amides is 2. The molecule has 1 N–H and O–H groups in total. The van der Waals surface area contributed by atoms with Crippen LogP contribution in [0, 0.1) is 22.0 Å². The lowest BCUT2D eigenvalue weighted by Crippen LogP contribution is -2.53. The molecule has 11 nitrogen and oxygen atoms in total. The molecule has 2 amide bonds. The Labute approximate surface area is 229 Å². The number of carbonyl (C=O) groups is 2. The maximum atomic E-state index is 13.4. The van der Waals surface area contributed by atoms with Crippen molar-refractivity contribution in [3.05, 3.63) is 112 Å². The number of hydrogen-bond donors (Lipinski definition) is 1. The lowest BCUT2D eigenvalue weighted by atomic mass is 10.1. The van der Waals surface area contributed by atoms with E-state index in [1.54, 1.807) is 49.0 Å². The van der Waals surface area contributed by atoms with Crippen LogP contribution in [0.1, 0.15) is 34.2 Å². The van der Waals surface area contributed by atoms with Gasteiger partial charge in [0.25, 0.3) is 17.5 Å². The van der Waals surface area contributed by atoms with Crippen molar-refractivity contribution in [1.29, 1.82) is 0 Å². The zero-order valence-electron chi connectivity index (χ0n) is 21.6. The third-order valence-corrected chi connectivity index (χ3v) is 6.32. The van der Waals surface area contributed by atoms with E-state index < -0.39 is 23.0 Å². The van der Waals surface area contributed by atoms with Crippen molar-refractivity contribution in [1.82, 2.24) is 20.1 Å². The summed E-state index contributed by atoms with van der Waals surface area (Å²) in [5.74, 6) is 5.30. The Bertz CT molecular complexity index is 1660. The van der Waals surface area contributed by atoms with Gasteiger partial charge in [0, 0.05) is 30.3 Å². The van der Waals surface area contributed by atoms with Gasteiger partial charge in [-0.2, -0.15) is 0 Å². The van der Waals surface area contributed by atoms with Gasteiger partial charge in [0.05, 0.1) is 17.2 Å². The largest absolute Gasteiger partial charge is 0.486 e. The van der Waals surface area contributed by atoms with Crippen molar-refractivity contribution in [2.24, 2.45) is 0 Å². The number of non-ortho nitro benzene ring substituents is 1. The van der Waals surface area contributed by atoms with Gasteiger partial charge in [-0.25, -0.2) is 9.67 Å². The number of anilines is 1. The molecule has 200 valence electrons. The Kier molecular flexibility index (Phi) is 7.24. The predicted molar refractivity (Wildman–Crippen MR) is 146 cm³/mol. The van der Waals surface area contributed by atoms with Crippen LogP contribution in [-0.2, 0) is 11.3 Å². The van der Waals surface area contributed by atoms with Gasteiger partial charge in [-0.05, 0) is 36.8 Å². The number of fused-ring (bicyclic) bond motifs is 1. The molecule has 0 radical (unpaired) electrons. The summed E-state index contributed by atoms with van der Waals surface area (Å²) >= 11 is 0. The maximum absolute atomic E-state index is 13.4. The van der Waals surface area contributed by atoms with Crippen molar-refractivity contribution in [3.8, 4) is 17.6 Å². The summed E-state index contributed by atoms with van der Waals surface area (Å²) in [6.07, 6.45) is 0.780. The van der Waals surface area contributed by atoms with Crippen LogP contribution < -0.4 is 15.0 Å². The number of rotatable bonds is 5. The van der Waals surface area contributed by atoms with Crippen LogP contribution >= 0.6 is 0 Å². The number of aromatic nitrogens is 3. The molecular weight excluding hydrogens is 512 g/mol. The fourth-order valence-corrected chi connectivity index (χ4v) is 4.23. The Balaban J connectivity index is 1.31. The molecule has 1 aliphatic heterocycles. The van der Waals surface area contributed by atoms with Crippen LogP contribution in [0.25, 0.3) is 0 Å². The standard InChI is InChI=1S/C29H24N6O5/c1-19-26(31-28(36)27-30-18-34(32-27)17-22-7-4-3-5-8-22)29(37)33(2)24-16-21(13-14-25(24)40-19)12-11-20-9-6-10-23(15-20)35(38)39/h3-10,13-16,18-19,26H,17H2,1-2H3,(H,31,36)/t19-,26+/m1/s1. The summed E-state index contributed by atoms with van der Waals surface area (Å²) in [7, 11) is 1.59. The highest BCUT2D eigenvalue weighted by Gasteiger charge is 2.36. The summed E-state index contributed by atoms with van der Waals surface area (Å²) in [6, 6.07) is 19.8. The highest BCUT2D eigenvalue weighted by atomic mass is 16.6. The van der Waals surface area contributed by atoms with Crippen molar-refractivity contribution in [2.75, 3.05) is 11.9 Å². The van der Waals surface area contributed by atoms with Gasteiger partial charge in [-0.3, -0.25) is 19.7 Å². The summed E-state index contributed by atoms with van der Waals surface area (Å²) in [4.78, 5) is 42.4. The van der Waals surface area contributed by atoms with Gasteiger partial charge in [-0.15, -0.1) is 5.10 Å². The lowest BCUT2D eigenvalue weighted by Gasteiger charge is -2.23. The first-order chi connectivity index (χ1) is 19.3. The highest BCUT2D eigenvalue weighted by Crippen LogP contribution is 2.33. The third-order valence-electron chi connectivity index (χ3n) is 6.32. The first-order valence-corrected chi connectivity index (χ1v) is 12.4. The second-order valence-electron chi connectivity index (χ2n) is 9.16. The monoisotopic (exact) mass is 536 g/mol. The minimum atomic E-state index is -0.995. The van der Waals surface area contributed by atoms with Gasteiger partial charge in [0.2, 0.25) is 5.82 Å². The molecular formula is C29H24N6O5. The molecule has 4 aromatic rings. The Hall–Kier alpha value is -5.50. The number of likely N-dealkylation sites (N-methyl/N-ethyl adjacent to an activating group) is 1. The molecule has 0 saturated heterocycles. The topological polar surface area (TPSA) is 132 Å². The summed E-state index contributed by atoms with van der Waals surface area (Å²) in [5, 5.41) is 18.0. The minimum Gasteiger partial charge on any atom is -0.486 e. The molecule has 5 rings (SSSR count). The zero-order valence-corrected chi connectivity index (χ0v) is 21.6.